The van der Waals surface area contributed by atoms with Crippen molar-refractivity contribution in [3.8, 4) is 0 Å². The van der Waals surface area contributed by atoms with Crippen molar-refractivity contribution in [1.29, 1.82) is 0 Å². The minimum absolute atomic E-state index is 0.524. The van der Waals surface area contributed by atoms with Gasteiger partial charge in [0.25, 0.3) is 8.56 Å². The smallest absolute Gasteiger partial charge is 0.281 e. The van der Waals surface area contributed by atoms with Gasteiger partial charge in [0.05, 0.1) is 0 Å². The molecule has 0 saturated heterocycles. The Bertz CT molecular complexity index is 155. The summed E-state index contributed by atoms with van der Waals surface area (Å²) >= 11 is 0. The van der Waals surface area contributed by atoms with Crippen LogP contribution in [0.3, 0.4) is 0 Å². The van der Waals surface area contributed by atoms with Gasteiger partial charge in [0, 0.05) is 0 Å². The predicted molar refractivity (Wildman–Crippen MR) is 75.7 cm³/mol. The van der Waals surface area contributed by atoms with E-state index in [2.05, 4.69) is 63.4 Å². The summed E-state index contributed by atoms with van der Waals surface area (Å²) < 4.78 is 0. The van der Waals surface area contributed by atoms with Crippen LogP contribution in [-0.2, 0) is 0 Å². The normalized spacial score (nSPS) is 13.1. The quantitative estimate of drug-likeness (QED) is 0.575. The first-order valence-corrected chi connectivity index (χ1v) is 8.85. The summed E-state index contributed by atoms with van der Waals surface area (Å²) in [5, 5.41) is 0. The highest BCUT2D eigenvalue weighted by atomic mass is 28.4. The summed E-state index contributed by atoms with van der Waals surface area (Å²) in [6, 6.07) is 2.80. The first kappa shape index (κ1) is 16.1. The van der Waals surface area contributed by atoms with Gasteiger partial charge >= 0.3 is 0 Å². The maximum Gasteiger partial charge on any atom is 0.281 e. The van der Waals surface area contributed by atoms with Crippen LogP contribution in [0.5, 0.6) is 0 Å². The highest BCUT2D eigenvalue weighted by molar-refractivity contribution is 6.72. The van der Waals surface area contributed by atoms with Crippen LogP contribution in [0.15, 0.2) is 0 Å². The Hall–Kier alpha value is 0.0969. The highest BCUT2D eigenvalue weighted by Crippen LogP contribution is 2.07. The maximum absolute atomic E-state index is 3.77. The molecule has 0 rings (SSSR count). The molecular formula is C12H31N3Si. The fourth-order valence-electron chi connectivity index (χ4n) is 2.19. The van der Waals surface area contributed by atoms with Gasteiger partial charge in [0.2, 0.25) is 0 Å². The molecule has 0 spiro atoms. The minimum Gasteiger partial charge on any atom is -0.311 e. The second-order valence-electron chi connectivity index (χ2n) is 5.55. The summed E-state index contributed by atoms with van der Waals surface area (Å²) in [5.74, 6) is 0. The third-order valence-corrected chi connectivity index (χ3v) is 6.69. The van der Waals surface area contributed by atoms with E-state index in [9.17, 15) is 0 Å². The number of rotatable bonds is 8. The third kappa shape index (κ3) is 6.63. The molecule has 4 heteroatoms. The first-order chi connectivity index (χ1) is 7.31. The molecule has 0 aliphatic carbocycles. The van der Waals surface area contributed by atoms with Crippen LogP contribution in [0.25, 0.3) is 0 Å². The number of hydrogen-bond donors (Lipinski definition) is 3. The van der Waals surface area contributed by atoms with Gasteiger partial charge in [-0.15, -0.1) is 0 Å². The van der Waals surface area contributed by atoms with Gasteiger partial charge in [0.1, 0.15) is 0 Å². The standard InChI is InChI=1S/C12H31N3Si/c1-8-9-16(13-10(2)3,14-11(4)5)15-12(6)7/h10-15H,8-9H2,1-7H3. The van der Waals surface area contributed by atoms with Crippen molar-refractivity contribution in [2.45, 2.75) is 79.1 Å². The van der Waals surface area contributed by atoms with Crippen LogP contribution in [0.2, 0.25) is 6.04 Å². The van der Waals surface area contributed by atoms with Crippen molar-refractivity contribution in [3.63, 3.8) is 0 Å². The van der Waals surface area contributed by atoms with Crippen LogP contribution >= 0.6 is 0 Å². The second-order valence-corrected chi connectivity index (χ2v) is 8.73. The van der Waals surface area contributed by atoms with Gasteiger partial charge in [-0.25, -0.2) is 0 Å². The monoisotopic (exact) mass is 245 g/mol. The molecule has 0 aliphatic heterocycles. The van der Waals surface area contributed by atoms with E-state index in [0.29, 0.717) is 18.1 Å². The van der Waals surface area contributed by atoms with Crippen molar-refractivity contribution in [3.05, 3.63) is 0 Å². The maximum atomic E-state index is 3.77. The topological polar surface area (TPSA) is 36.1 Å². The molecule has 0 amide bonds. The summed E-state index contributed by atoms with van der Waals surface area (Å²) in [4.78, 5) is 11.3. The van der Waals surface area contributed by atoms with E-state index in [0.717, 1.165) is 0 Å². The Morgan fingerprint density at radius 2 is 1.06 bits per heavy atom. The van der Waals surface area contributed by atoms with Crippen LogP contribution < -0.4 is 14.9 Å². The van der Waals surface area contributed by atoms with Crippen molar-refractivity contribution < 1.29 is 0 Å². The molecular weight excluding hydrogens is 214 g/mol. The second kappa shape index (κ2) is 7.43. The van der Waals surface area contributed by atoms with Gasteiger partial charge < -0.3 is 14.9 Å². The molecule has 0 aromatic heterocycles. The van der Waals surface area contributed by atoms with Crippen LogP contribution in [-0.4, -0.2) is 26.7 Å². The molecule has 0 radical (unpaired) electrons. The molecule has 0 saturated carbocycles. The Kier molecular flexibility index (Phi) is 7.47. The highest BCUT2D eigenvalue weighted by Gasteiger charge is 2.34. The molecule has 0 unspecified atom stereocenters. The van der Waals surface area contributed by atoms with E-state index < -0.39 is 8.56 Å². The fraction of sp³-hybridized carbons (Fsp3) is 1.00. The Morgan fingerprint density at radius 3 is 1.25 bits per heavy atom. The average molecular weight is 245 g/mol. The molecule has 0 aromatic rings. The zero-order valence-corrected chi connectivity index (χ0v) is 13.1. The SMILES string of the molecule is CCC[Si](NC(C)C)(NC(C)C)NC(C)C. The van der Waals surface area contributed by atoms with Crippen molar-refractivity contribution in [2.24, 2.45) is 0 Å². The molecule has 3 N–H and O–H groups in total. The van der Waals surface area contributed by atoms with E-state index in [-0.39, 0.29) is 0 Å². The molecule has 0 fully saturated rings. The van der Waals surface area contributed by atoms with Crippen LogP contribution in [0.4, 0.5) is 0 Å². The van der Waals surface area contributed by atoms with E-state index in [1.165, 1.54) is 12.5 Å². The van der Waals surface area contributed by atoms with Gasteiger partial charge in [-0.05, 0) is 24.2 Å². The predicted octanol–water partition coefficient (Wildman–Crippen LogP) is 2.33. The third-order valence-electron chi connectivity index (χ3n) is 2.23. The molecule has 0 bridgehead atoms. The lowest BCUT2D eigenvalue weighted by Crippen LogP contribution is -2.75. The molecule has 16 heavy (non-hydrogen) atoms. The summed E-state index contributed by atoms with van der Waals surface area (Å²) in [5.41, 5.74) is 0. The van der Waals surface area contributed by atoms with Crippen molar-refractivity contribution in [1.82, 2.24) is 14.9 Å². The lowest BCUT2D eigenvalue weighted by Gasteiger charge is -2.38. The van der Waals surface area contributed by atoms with E-state index in [1.54, 1.807) is 0 Å². The van der Waals surface area contributed by atoms with Gasteiger partial charge in [0.15, 0.2) is 0 Å². The van der Waals surface area contributed by atoms with Gasteiger partial charge in [-0.3, -0.25) is 0 Å². The average Bonchev–Trinajstić information content (AvgIpc) is 1.98. The molecule has 98 valence electrons. The fourth-order valence-corrected chi connectivity index (χ4v) is 6.58. The van der Waals surface area contributed by atoms with E-state index >= 15 is 0 Å². The van der Waals surface area contributed by atoms with E-state index in [4.69, 9.17) is 0 Å². The lowest BCUT2D eigenvalue weighted by atomic mass is 10.4. The summed E-state index contributed by atoms with van der Waals surface area (Å²) in [6.45, 7) is 15.6. The Balaban J connectivity index is 4.72. The van der Waals surface area contributed by atoms with Crippen molar-refractivity contribution in [2.75, 3.05) is 0 Å². The lowest BCUT2D eigenvalue weighted by molar-refractivity contribution is 0.590. The van der Waals surface area contributed by atoms with Crippen LogP contribution in [0.1, 0.15) is 54.9 Å². The largest absolute Gasteiger partial charge is 0.311 e. The first-order valence-electron chi connectivity index (χ1n) is 6.64. The van der Waals surface area contributed by atoms with Crippen LogP contribution in [0, 0.1) is 0 Å². The zero-order chi connectivity index (χ0) is 12.8. The van der Waals surface area contributed by atoms with E-state index in [1.807, 2.05) is 0 Å². The molecule has 0 aromatic carbocycles. The Labute approximate surface area is 103 Å². The zero-order valence-electron chi connectivity index (χ0n) is 12.1. The van der Waals surface area contributed by atoms with Gasteiger partial charge in [-0.2, -0.15) is 0 Å². The number of hydrogen-bond acceptors (Lipinski definition) is 3. The van der Waals surface area contributed by atoms with Crippen molar-refractivity contribution >= 4 is 8.56 Å². The molecule has 0 atom stereocenters. The molecule has 0 aliphatic rings. The molecule has 3 nitrogen and oxygen atoms in total. The summed E-state index contributed by atoms with van der Waals surface area (Å²) in [7, 11) is -1.73. The number of nitrogens with one attached hydrogen (secondary N) is 3. The Morgan fingerprint density at radius 1 is 0.750 bits per heavy atom. The summed E-state index contributed by atoms with van der Waals surface area (Å²) in [6.07, 6.45) is 1.21. The molecule has 0 heterocycles. The van der Waals surface area contributed by atoms with Gasteiger partial charge in [-0.1, -0.05) is 54.9 Å². The minimum atomic E-state index is -1.73.